The predicted octanol–water partition coefficient (Wildman–Crippen LogP) is 2.99. The Morgan fingerprint density at radius 2 is 2.14 bits per heavy atom. The van der Waals surface area contributed by atoms with Crippen LogP contribution in [0.4, 0.5) is 18.0 Å². The number of hydrogen-bond acceptors (Lipinski definition) is 2. The highest BCUT2D eigenvalue weighted by molar-refractivity contribution is 6.31. The maximum absolute atomic E-state index is 13.3. The molecule has 0 saturated heterocycles. The lowest BCUT2D eigenvalue weighted by Gasteiger charge is -2.28. The quantitative estimate of drug-likeness (QED) is 0.838. The van der Waals surface area contributed by atoms with Gasteiger partial charge < -0.3 is 16.0 Å². The molecule has 1 atom stereocenters. The molecule has 124 valence electrons. The van der Waals surface area contributed by atoms with Crippen molar-refractivity contribution in [3.63, 3.8) is 0 Å². The number of rotatable bonds is 6. The van der Waals surface area contributed by atoms with Gasteiger partial charge >= 0.3 is 6.03 Å². The fraction of sp³-hybridized carbons (Fsp3) is 0.500. The molecule has 8 heteroatoms. The first-order chi connectivity index (χ1) is 10.2. The number of halogens is 4. The van der Waals surface area contributed by atoms with E-state index in [0.717, 1.165) is 4.90 Å². The zero-order valence-electron chi connectivity index (χ0n) is 12.4. The summed E-state index contributed by atoms with van der Waals surface area (Å²) in [5.41, 5.74) is 5.38. The minimum atomic E-state index is -3.03. The molecule has 0 heterocycles. The first kappa shape index (κ1) is 18.6. The molecule has 0 aliphatic carbocycles. The highest BCUT2D eigenvalue weighted by atomic mass is 35.5. The lowest BCUT2D eigenvalue weighted by molar-refractivity contribution is -0.0145. The van der Waals surface area contributed by atoms with Gasteiger partial charge in [-0.05, 0) is 18.6 Å². The van der Waals surface area contributed by atoms with Crippen molar-refractivity contribution in [2.75, 3.05) is 13.6 Å². The summed E-state index contributed by atoms with van der Waals surface area (Å²) in [6.45, 7) is 0.726. The molecule has 0 spiro atoms. The van der Waals surface area contributed by atoms with Crippen LogP contribution in [0.25, 0.3) is 0 Å². The van der Waals surface area contributed by atoms with Crippen LogP contribution in [0.3, 0.4) is 0 Å². The largest absolute Gasteiger partial charge is 0.334 e. The average Bonchev–Trinajstić information content (AvgIpc) is 2.47. The summed E-state index contributed by atoms with van der Waals surface area (Å²) in [6, 6.07) is 2.98. The second-order valence-electron chi connectivity index (χ2n) is 5.10. The van der Waals surface area contributed by atoms with Crippen LogP contribution >= 0.6 is 11.6 Å². The summed E-state index contributed by atoms with van der Waals surface area (Å²) >= 11 is 5.77. The van der Waals surface area contributed by atoms with Gasteiger partial charge in [0.2, 0.25) is 0 Å². The van der Waals surface area contributed by atoms with Gasteiger partial charge in [-0.25, -0.2) is 18.0 Å². The van der Waals surface area contributed by atoms with Crippen LogP contribution < -0.4 is 11.1 Å². The van der Waals surface area contributed by atoms with E-state index in [0.29, 0.717) is 5.56 Å². The Bertz CT molecular complexity index is 528. The van der Waals surface area contributed by atoms with Gasteiger partial charge in [0.25, 0.3) is 5.92 Å². The summed E-state index contributed by atoms with van der Waals surface area (Å²) in [4.78, 5) is 13.1. The molecule has 1 aromatic carbocycles. The molecule has 0 aliphatic heterocycles. The van der Waals surface area contributed by atoms with E-state index in [1.807, 2.05) is 0 Å². The summed E-state index contributed by atoms with van der Waals surface area (Å²) < 4.78 is 39.7. The van der Waals surface area contributed by atoms with E-state index in [1.165, 1.54) is 26.1 Å². The van der Waals surface area contributed by atoms with Crippen LogP contribution in [0.1, 0.15) is 18.9 Å². The molecule has 4 nitrogen and oxygen atoms in total. The number of nitrogens with two attached hydrogens (primary N) is 1. The summed E-state index contributed by atoms with van der Waals surface area (Å²) in [6.07, 6.45) is -0.534. The van der Waals surface area contributed by atoms with E-state index in [9.17, 15) is 18.0 Å². The van der Waals surface area contributed by atoms with Crippen LogP contribution in [-0.4, -0.2) is 36.5 Å². The van der Waals surface area contributed by atoms with Crippen molar-refractivity contribution in [2.24, 2.45) is 5.73 Å². The molecular weight excluding hydrogens is 319 g/mol. The maximum atomic E-state index is 13.3. The van der Waals surface area contributed by atoms with Gasteiger partial charge in [-0.3, -0.25) is 0 Å². The topological polar surface area (TPSA) is 58.4 Å². The summed E-state index contributed by atoms with van der Waals surface area (Å²) in [5, 5.41) is 2.44. The molecule has 3 N–H and O–H groups in total. The van der Waals surface area contributed by atoms with Crippen LogP contribution in [0.2, 0.25) is 5.02 Å². The number of carbonyl (C=O) groups is 1. The third kappa shape index (κ3) is 5.06. The first-order valence-electron chi connectivity index (χ1n) is 6.69. The number of alkyl halides is 2. The zero-order chi connectivity index (χ0) is 16.9. The molecule has 0 unspecified atom stereocenters. The van der Waals surface area contributed by atoms with Gasteiger partial charge in [0, 0.05) is 26.1 Å². The van der Waals surface area contributed by atoms with Gasteiger partial charge in [-0.15, -0.1) is 0 Å². The van der Waals surface area contributed by atoms with E-state index < -0.39 is 36.8 Å². The Labute approximate surface area is 132 Å². The third-order valence-corrected chi connectivity index (χ3v) is 3.76. The fourth-order valence-electron chi connectivity index (χ4n) is 1.83. The SMILES string of the molecule is C[C@@H](CC(F)(F)CN)N(C)C(=O)NCc1cccc(F)c1Cl. The van der Waals surface area contributed by atoms with E-state index in [-0.39, 0.29) is 11.6 Å². The Morgan fingerprint density at radius 3 is 2.73 bits per heavy atom. The molecule has 0 bridgehead atoms. The van der Waals surface area contributed by atoms with Gasteiger partial charge in [0.05, 0.1) is 11.6 Å². The zero-order valence-corrected chi connectivity index (χ0v) is 13.1. The molecule has 22 heavy (non-hydrogen) atoms. The number of urea groups is 1. The molecule has 0 radical (unpaired) electrons. The average molecular weight is 338 g/mol. The smallest absolute Gasteiger partial charge is 0.317 e. The lowest BCUT2D eigenvalue weighted by atomic mass is 10.1. The maximum Gasteiger partial charge on any atom is 0.317 e. The predicted molar refractivity (Wildman–Crippen MR) is 79.5 cm³/mol. The van der Waals surface area contributed by atoms with E-state index >= 15 is 0 Å². The fourth-order valence-corrected chi connectivity index (χ4v) is 2.03. The van der Waals surface area contributed by atoms with Gasteiger partial charge in [-0.2, -0.15) is 0 Å². The van der Waals surface area contributed by atoms with Gasteiger partial charge in [0.1, 0.15) is 5.82 Å². The van der Waals surface area contributed by atoms with E-state index in [4.69, 9.17) is 17.3 Å². The third-order valence-electron chi connectivity index (χ3n) is 3.34. The van der Waals surface area contributed by atoms with Crippen molar-refractivity contribution in [1.82, 2.24) is 10.2 Å². The van der Waals surface area contributed by atoms with Crippen molar-refractivity contribution < 1.29 is 18.0 Å². The van der Waals surface area contributed by atoms with Crippen molar-refractivity contribution in [2.45, 2.75) is 31.9 Å². The van der Waals surface area contributed by atoms with Crippen LogP contribution in [0.5, 0.6) is 0 Å². The van der Waals surface area contributed by atoms with Crippen molar-refractivity contribution in [3.8, 4) is 0 Å². The van der Waals surface area contributed by atoms with Gasteiger partial charge in [-0.1, -0.05) is 23.7 Å². The van der Waals surface area contributed by atoms with Gasteiger partial charge in [0.15, 0.2) is 0 Å². The Kier molecular flexibility index (Phi) is 6.49. The molecular formula is C14H19ClF3N3O. The Hall–Kier alpha value is -1.47. The Balaban J connectivity index is 2.59. The monoisotopic (exact) mass is 337 g/mol. The number of nitrogens with zero attached hydrogens (tertiary/aromatic N) is 1. The minimum absolute atomic E-state index is 0.000230. The number of benzene rings is 1. The second kappa shape index (κ2) is 7.69. The standard InChI is InChI=1S/C14H19ClF3N3O/c1-9(6-14(17,18)8-19)21(2)13(22)20-7-10-4-3-5-11(16)12(10)15/h3-5,9H,6-8,19H2,1-2H3,(H,20,22)/t9-/m0/s1. The first-order valence-corrected chi connectivity index (χ1v) is 7.07. The summed E-state index contributed by atoms with van der Waals surface area (Å²) in [5.74, 6) is -3.61. The normalized spacial score (nSPS) is 12.9. The van der Waals surface area contributed by atoms with Crippen molar-refractivity contribution in [3.05, 3.63) is 34.6 Å². The van der Waals surface area contributed by atoms with Crippen molar-refractivity contribution >= 4 is 17.6 Å². The molecule has 1 aromatic rings. The summed E-state index contributed by atoms with van der Waals surface area (Å²) in [7, 11) is 1.40. The lowest BCUT2D eigenvalue weighted by Crippen LogP contribution is -2.45. The molecule has 0 saturated carbocycles. The Morgan fingerprint density at radius 1 is 1.50 bits per heavy atom. The number of amides is 2. The van der Waals surface area contributed by atoms with Crippen LogP contribution in [0.15, 0.2) is 18.2 Å². The van der Waals surface area contributed by atoms with Crippen LogP contribution in [0, 0.1) is 5.82 Å². The van der Waals surface area contributed by atoms with Crippen molar-refractivity contribution in [1.29, 1.82) is 0 Å². The minimum Gasteiger partial charge on any atom is -0.334 e. The van der Waals surface area contributed by atoms with Crippen LogP contribution in [-0.2, 0) is 6.54 Å². The second-order valence-corrected chi connectivity index (χ2v) is 5.47. The molecule has 1 rings (SSSR count). The molecule has 0 aliphatic rings. The highest BCUT2D eigenvalue weighted by Crippen LogP contribution is 2.21. The molecule has 2 amide bonds. The molecule has 0 fully saturated rings. The molecule has 0 aromatic heterocycles. The number of carbonyl (C=O) groups excluding carboxylic acids is 1. The number of hydrogen-bond donors (Lipinski definition) is 2. The highest BCUT2D eigenvalue weighted by Gasteiger charge is 2.31. The van der Waals surface area contributed by atoms with E-state index in [1.54, 1.807) is 6.07 Å². The van der Waals surface area contributed by atoms with E-state index in [2.05, 4.69) is 5.32 Å². The number of nitrogens with one attached hydrogen (secondary N) is 1.